The lowest BCUT2D eigenvalue weighted by Crippen LogP contribution is -2.34. The molecule has 0 amide bonds. The van der Waals surface area contributed by atoms with Gasteiger partial charge in [-0.2, -0.15) is 0 Å². The summed E-state index contributed by atoms with van der Waals surface area (Å²) >= 11 is 1.23. The summed E-state index contributed by atoms with van der Waals surface area (Å²) in [6, 6.07) is 9.18. The number of aromatic amines is 1. The first-order valence-corrected chi connectivity index (χ1v) is 7.16. The molecule has 0 spiro atoms. The first kappa shape index (κ1) is 11.7. The zero-order valence-electron chi connectivity index (χ0n) is 10.1. The Morgan fingerprint density at radius 1 is 1.33 bits per heavy atom. The van der Waals surface area contributed by atoms with Crippen LogP contribution < -0.4 is 10.2 Å². The number of aromatic nitrogens is 1. The topological polar surface area (TPSA) is 44.9 Å². The molecular formula is C14H16N2OS. The summed E-state index contributed by atoms with van der Waals surface area (Å²) in [5.74, 6) is 0. The van der Waals surface area contributed by atoms with Crippen LogP contribution in [0, 0.1) is 0 Å². The molecule has 1 unspecified atom stereocenters. The Bertz CT molecular complexity index is 587. The largest absolute Gasteiger partial charge is 0.315 e. The van der Waals surface area contributed by atoms with Crippen molar-refractivity contribution in [2.24, 2.45) is 0 Å². The molecule has 0 saturated heterocycles. The number of benzene rings is 1. The van der Waals surface area contributed by atoms with Crippen LogP contribution in [0.4, 0.5) is 0 Å². The van der Waals surface area contributed by atoms with E-state index in [1.54, 1.807) is 0 Å². The number of thiazole rings is 1. The van der Waals surface area contributed by atoms with E-state index in [9.17, 15) is 4.79 Å². The molecule has 0 bridgehead atoms. The molecule has 94 valence electrons. The van der Waals surface area contributed by atoms with Gasteiger partial charge in [-0.15, -0.1) is 0 Å². The van der Waals surface area contributed by atoms with Gasteiger partial charge in [-0.1, -0.05) is 35.6 Å². The number of hydrogen-bond donors (Lipinski definition) is 2. The number of aryl methyl sites for hydroxylation is 1. The van der Waals surface area contributed by atoms with Crippen LogP contribution in [0.1, 0.15) is 23.2 Å². The third kappa shape index (κ3) is 2.54. The lowest BCUT2D eigenvalue weighted by Gasteiger charge is -2.25. The Morgan fingerprint density at radius 3 is 2.94 bits per heavy atom. The zero-order chi connectivity index (χ0) is 12.4. The van der Waals surface area contributed by atoms with E-state index in [0.29, 0.717) is 6.04 Å². The fourth-order valence-corrected chi connectivity index (χ4v) is 3.11. The van der Waals surface area contributed by atoms with Gasteiger partial charge in [-0.25, -0.2) is 0 Å². The fraction of sp³-hybridized carbons (Fsp3) is 0.357. The van der Waals surface area contributed by atoms with Gasteiger partial charge in [-0.05, 0) is 30.4 Å². The van der Waals surface area contributed by atoms with Gasteiger partial charge in [0, 0.05) is 23.7 Å². The number of hydrogen-bond acceptors (Lipinski definition) is 3. The quantitative estimate of drug-likeness (QED) is 0.887. The molecule has 3 nitrogen and oxygen atoms in total. The third-order valence-corrected chi connectivity index (χ3v) is 4.22. The summed E-state index contributed by atoms with van der Waals surface area (Å²) < 4.78 is 0. The Hall–Kier alpha value is -1.39. The van der Waals surface area contributed by atoms with Crippen LogP contribution in [0.15, 0.2) is 34.4 Å². The second-order valence-electron chi connectivity index (χ2n) is 4.76. The lowest BCUT2D eigenvalue weighted by molar-refractivity contribution is 0.455. The number of rotatable bonds is 3. The summed E-state index contributed by atoms with van der Waals surface area (Å²) in [5, 5.41) is 5.42. The molecule has 0 fully saturated rings. The van der Waals surface area contributed by atoms with Gasteiger partial charge in [0.2, 0.25) is 0 Å². The van der Waals surface area contributed by atoms with Crippen LogP contribution in [-0.2, 0) is 19.4 Å². The minimum atomic E-state index is 0.0285. The molecule has 2 aromatic rings. The van der Waals surface area contributed by atoms with Gasteiger partial charge >= 0.3 is 4.87 Å². The minimum Gasteiger partial charge on any atom is -0.315 e. The molecule has 0 saturated carbocycles. The van der Waals surface area contributed by atoms with Crippen LogP contribution >= 0.6 is 11.3 Å². The smallest absolute Gasteiger partial charge is 0.304 e. The van der Waals surface area contributed by atoms with E-state index >= 15 is 0 Å². The molecule has 1 atom stereocenters. The maximum absolute atomic E-state index is 11.0. The van der Waals surface area contributed by atoms with Crippen molar-refractivity contribution in [2.75, 3.05) is 0 Å². The number of H-pyrrole nitrogens is 1. The SMILES string of the molecule is O=c1[nH]c(CNC2CCc3ccccc3C2)cs1. The molecule has 1 aliphatic carbocycles. The van der Waals surface area contributed by atoms with Crippen molar-refractivity contribution in [1.29, 1.82) is 0 Å². The monoisotopic (exact) mass is 260 g/mol. The molecule has 18 heavy (non-hydrogen) atoms. The normalized spacial score (nSPS) is 18.6. The van der Waals surface area contributed by atoms with Crippen LogP contribution in [0.25, 0.3) is 0 Å². The Labute approximate surface area is 110 Å². The molecule has 3 rings (SSSR count). The van der Waals surface area contributed by atoms with Crippen molar-refractivity contribution >= 4 is 11.3 Å². The third-order valence-electron chi connectivity index (χ3n) is 3.50. The van der Waals surface area contributed by atoms with Crippen molar-refractivity contribution in [3.05, 3.63) is 56.1 Å². The van der Waals surface area contributed by atoms with E-state index in [1.807, 2.05) is 5.38 Å². The van der Waals surface area contributed by atoms with Crippen LogP contribution in [0.2, 0.25) is 0 Å². The Balaban J connectivity index is 1.61. The van der Waals surface area contributed by atoms with E-state index < -0.39 is 0 Å². The van der Waals surface area contributed by atoms with Gasteiger partial charge in [0.25, 0.3) is 0 Å². The lowest BCUT2D eigenvalue weighted by atomic mass is 9.88. The number of nitrogens with one attached hydrogen (secondary N) is 2. The molecule has 2 N–H and O–H groups in total. The van der Waals surface area contributed by atoms with Crippen LogP contribution in [0.3, 0.4) is 0 Å². The predicted octanol–water partition coefficient (Wildman–Crippen LogP) is 2.08. The molecule has 1 heterocycles. The maximum Gasteiger partial charge on any atom is 0.304 e. The predicted molar refractivity (Wildman–Crippen MR) is 74.0 cm³/mol. The standard InChI is InChI=1S/C14H16N2OS/c17-14-16-13(9-18-14)8-15-12-6-5-10-3-1-2-4-11(10)7-12/h1-4,9,12,15H,5-8H2,(H,16,17). The van der Waals surface area contributed by atoms with Crippen molar-refractivity contribution in [1.82, 2.24) is 10.3 Å². The van der Waals surface area contributed by atoms with Crippen molar-refractivity contribution in [3.8, 4) is 0 Å². The second kappa shape index (κ2) is 5.08. The summed E-state index contributed by atoms with van der Waals surface area (Å²) in [6.45, 7) is 0.756. The highest BCUT2D eigenvalue weighted by Crippen LogP contribution is 2.21. The van der Waals surface area contributed by atoms with Gasteiger partial charge in [0.1, 0.15) is 0 Å². The maximum atomic E-state index is 11.0. The Kier molecular flexibility index (Phi) is 3.30. The summed E-state index contributed by atoms with van der Waals surface area (Å²) in [4.78, 5) is 13.9. The fourth-order valence-electron chi connectivity index (χ4n) is 2.53. The van der Waals surface area contributed by atoms with Gasteiger partial charge in [-0.3, -0.25) is 4.79 Å². The zero-order valence-corrected chi connectivity index (χ0v) is 10.9. The van der Waals surface area contributed by atoms with Gasteiger partial charge < -0.3 is 10.3 Å². The van der Waals surface area contributed by atoms with Crippen molar-refractivity contribution in [2.45, 2.75) is 31.8 Å². The first-order chi connectivity index (χ1) is 8.81. The highest BCUT2D eigenvalue weighted by Gasteiger charge is 2.17. The molecule has 1 aliphatic rings. The molecular weight excluding hydrogens is 244 g/mol. The van der Waals surface area contributed by atoms with Crippen molar-refractivity contribution in [3.63, 3.8) is 0 Å². The molecule has 1 aromatic carbocycles. The van der Waals surface area contributed by atoms with E-state index in [0.717, 1.165) is 25.1 Å². The molecule has 0 radical (unpaired) electrons. The summed E-state index contributed by atoms with van der Waals surface area (Å²) in [7, 11) is 0. The van der Waals surface area contributed by atoms with Crippen LogP contribution in [0.5, 0.6) is 0 Å². The van der Waals surface area contributed by atoms with Gasteiger partial charge in [0.05, 0.1) is 0 Å². The minimum absolute atomic E-state index is 0.0285. The van der Waals surface area contributed by atoms with E-state index in [-0.39, 0.29) is 4.87 Å². The molecule has 0 aliphatic heterocycles. The number of fused-ring (bicyclic) bond motifs is 1. The average Bonchev–Trinajstić information content (AvgIpc) is 2.82. The van der Waals surface area contributed by atoms with Gasteiger partial charge in [0.15, 0.2) is 0 Å². The summed E-state index contributed by atoms with van der Waals surface area (Å²) in [6.07, 6.45) is 3.41. The highest BCUT2D eigenvalue weighted by atomic mass is 32.1. The highest BCUT2D eigenvalue weighted by molar-refractivity contribution is 7.07. The van der Waals surface area contributed by atoms with Crippen LogP contribution in [-0.4, -0.2) is 11.0 Å². The van der Waals surface area contributed by atoms with E-state index in [1.165, 1.54) is 28.9 Å². The Morgan fingerprint density at radius 2 is 2.17 bits per heavy atom. The molecule has 4 heteroatoms. The van der Waals surface area contributed by atoms with E-state index in [2.05, 4.69) is 34.6 Å². The van der Waals surface area contributed by atoms with Crippen molar-refractivity contribution < 1.29 is 0 Å². The first-order valence-electron chi connectivity index (χ1n) is 6.28. The summed E-state index contributed by atoms with van der Waals surface area (Å²) in [5.41, 5.74) is 3.93. The van der Waals surface area contributed by atoms with E-state index in [4.69, 9.17) is 0 Å². The second-order valence-corrected chi connectivity index (χ2v) is 5.60. The average molecular weight is 260 g/mol. The molecule has 1 aromatic heterocycles.